The second-order valence-electron chi connectivity index (χ2n) is 5.92. The zero-order valence-corrected chi connectivity index (χ0v) is 14.5. The van der Waals surface area contributed by atoms with Crippen molar-refractivity contribution in [2.75, 3.05) is 11.9 Å². The van der Waals surface area contributed by atoms with Crippen LogP contribution in [0.25, 0.3) is 0 Å². The predicted molar refractivity (Wildman–Crippen MR) is 96.7 cm³/mol. The zero-order chi connectivity index (χ0) is 18.2. The molecular weight excluding hydrogens is 314 g/mol. The molecule has 0 fully saturated rings. The number of anilines is 1. The first-order valence-corrected chi connectivity index (χ1v) is 8.09. The highest BCUT2D eigenvalue weighted by Gasteiger charge is 2.12. The highest BCUT2D eigenvalue weighted by atomic mass is 16.2. The lowest BCUT2D eigenvalue weighted by atomic mass is 10.1. The van der Waals surface area contributed by atoms with E-state index in [2.05, 4.69) is 5.32 Å². The van der Waals surface area contributed by atoms with Crippen molar-refractivity contribution in [3.05, 3.63) is 65.2 Å². The van der Waals surface area contributed by atoms with Crippen LogP contribution >= 0.6 is 0 Å². The number of aryl methyl sites for hydroxylation is 1. The molecule has 2 amide bonds. The molecule has 128 valence electrons. The maximum absolute atomic E-state index is 12.1. The lowest BCUT2D eigenvalue weighted by Gasteiger charge is -2.21. The van der Waals surface area contributed by atoms with E-state index in [4.69, 9.17) is 5.26 Å². The second kappa shape index (κ2) is 8.65. The quantitative estimate of drug-likeness (QED) is 0.881. The van der Waals surface area contributed by atoms with Crippen molar-refractivity contribution in [3.8, 4) is 6.07 Å². The Morgan fingerprint density at radius 2 is 1.88 bits per heavy atom. The summed E-state index contributed by atoms with van der Waals surface area (Å²) in [4.78, 5) is 25.6. The van der Waals surface area contributed by atoms with E-state index >= 15 is 0 Å². The van der Waals surface area contributed by atoms with Gasteiger partial charge < -0.3 is 10.2 Å². The average molecular weight is 335 g/mol. The molecule has 0 aliphatic carbocycles. The number of hydrogen-bond acceptors (Lipinski definition) is 3. The number of hydrogen-bond donors (Lipinski definition) is 1. The van der Waals surface area contributed by atoms with Gasteiger partial charge >= 0.3 is 0 Å². The van der Waals surface area contributed by atoms with Crippen molar-refractivity contribution in [1.29, 1.82) is 5.26 Å². The first-order chi connectivity index (χ1) is 12.0. The topological polar surface area (TPSA) is 73.2 Å². The molecule has 5 heteroatoms. The van der Waals surface area contributed by atoms with Gasteiger partial charge in [-0.25, -0.2) is 0 Å². The SMILES string of the molecule is CC(=O)N(CCC(=O)Nc1cccc(C#N)c1)Cc1ccc(C)cc1. The lowest BCUT2D eigenvalue weighted by Crippen LogP contribution is -2.31. The average Bonchev–Trinajstić information content (AvgIpc) is 2.60. The van der Waals surface area contributed by atoms with E-state index in [1.807, 2.05) is 37.3 Å². The van der Waals surface area contributed by atoms with Gasteiger partial charge in [0.2, 0.25) is 11.8 Å². The van der Waals surface area contributed by atoms with Crippen LogP contribution in [-0.4, -0.2) is 23.3 Å². The molecule has 2 aromatic rings. The Hall–Kier alpha value is -3.13. The molecule has 2 aromatic carbocycles. The van der Waals surface area contributed by atoms with Crippen LogP contribution < -0.4 is 5.32 Å². The smallest absolute Gasteiger partial charge is 0.226 e. The van der Waals surface area contributed by atoms with Gasteiger partial charge in [0, 0.05) is 32.1 Å². The fourth-order valence-corrected chi connectivity index (χ4v) is 2.39. The summed E-state index contributed by atoms with van der Waals surface area (Å²) in [5.41, 5.74) is 3.26. The van der Waals surface area contributed by atoms with Crippen LogP contribution in [0.3, 0.4) is 0 Å². The Balaban J connectivity index is 1.91. The first kappa shape index (κ1) is 18.2. The van der Waals surface area contributed by atoms with Crippen molar-refractivity contribution in [2.45, 2.75) is 26.8 Å². The summed E-state index contributed by atoms with van der Waals surface area (Å²) >= 11 is 0. The third kappa shape index (κ3) is 5.78. The van der Waals surface area contributed by atoms with E-state index in [-0.39, 0.29) is 18.2 Å². The van der Waals surface area contributed by atoms with Crippen LogP contribution in [0.5, 0.6) is 0 Å². The summed E-state index contributed by atoms with van der Waals surface area (Å²) in [6.45, 7) is 4.33. The Labute approximate surface area is 147 Å². The van der Waals surface area contributed by atoms with Crippen LogP contribution in [0.15, 0.2) is 48.5 Å². The fraction of sp³-hybridized carbons (Fsp3) is 0.250. The highest BCUT2D eigenvalue weighted by Crippen LogP contribution is 2.11. The van der Waals surface area contributed by atoms with Crippen LogP contribution in [-0.2, 0) is 16.1 Å². The minimum Gasteiger partial charge on any atom is -0.338 e. The van der Waals surface area contributed by atoms with E-state index in [0.29, 0.717) is 24.3 Å². The number of rotatable bonds is 6. The minimum absolute atomic E-state index is 0.0696. The summed E-state index contributed by atoms with van der Waals surface area (Å²) in [5, 5.41) is 11.6. The van der Waals surface area contributed by atoms with E-state index in [9.17, 15) is 9.59 Å². The van der Waals surface area contributed by atoms with Crippen LogP contribution in [0.2, 0.25) is 0 Å². The number of nitriles is 1. The van der Waals surface area contributed by atoms with Gasteiger partial charge in [-0.2, -0.15) is 5.26 Å². The number of carbonyl (C=O) groups is 2. The van der Waals surface area contributed by atoms with Gasteiger partial charge in [0.15, 0.2) is 0 Å². The Kier molecular flexibility index (Phi) is 6.30. The fourth-order valence-electron chi connectivity index (χ4n) is 2.39. The molecule has 0 saturated heterocycles. The molecule has 2 rings (SSSR count). The van der Waals surface area contributed by atoms with E-state index < -0.39 is 0 Å². The monoisotopic (exact) mass is 335 g/mol. The van der Waals surface area contributed by atoms with Crippen LogP contribution in [0.4, 0.5) is 5.69 Å². The Morgan fingerprint density at radius 3 is 2.52 bits per heavy atom. The van der Waals surface area contributed by atoms with Crippen molar-refractivity contribution in [1.82, 2.24) is 4.90 Å². The van der Waals surface area contributed by atoms with Gasteiger partial charge in [0.1, 0.15) is 0 Å². The zero-order valence-electron chi connectivity index (χ0n) is 14.5. The standard InChI is InChI=1S/C20H21N3O2/c1-15-6-8-17(9-7-15)14-23(16(2)24)11-10-20(25)22-19-5-3-4-18(12-19)13-21/h3-9,12H,10-11,14H2,1-2H3,(H,22,25). The second-order valence-corrected chi connectivity index (χ2v) is 5.92. The number of nitrogens with one attached hydrogen (secondary N) is 1. The van der Waals surface area contributed by atoms with E-state index in [1.54, 1.807) is 29.2 Å². The third-order valence-electron chi connectivity index (χ3n) is 3.82. The largest absolute Gasteiger partial charge is 0.338 e. The summed E-state index contributed by atoms with van der Waals surface area (Å²) in [5.74, 6) is -0.259. The normalized spacial score (nSPS) is 9.96. The molecular formula is C20H21N3O2. The van der Waals surface area contributed by atoms with Gasteiger partial charge in [-0.15, -0.1) is 0 Å². The number of benzene rings is 2. The molecule has 0 spiro atoms. The van der Waals surface area contributed by atoms with Gasteiger partial charge in [-0.05, 0) is 30.7 Å². The molecule has 0 radical (unpaired) electrons. The van der Waals surface area contributed by atoms with Crippen LogP contribution in [0, 0.1) is 18.3 Å². The number of carbonyl (C=O) groups excluding carboxylic acids is 2. The van der Waals surface area contributed by atoms with Gasteiger partial charge in [0.25, 0.3) is 0 Å². The van der Waals surface area contributed by atoms with Crippen molar-refractivity contribution in [2.24, 2.45) is 0 Å². The molecule has 0 aliphatic heterocycles. The first-order valence-electron chi connectivity index (χ1n) is 8.09. The van der Waals surface area contributed by atoms with Gasteiger partial charge in [0.05, 0.1) is 11.6 Å². The maximum Gasteiger partial charge on any atom is 0.226 e. The molecule has 5 nitrogen and oxygen atoms in total. The molecule has 0 aromatic heterocycles. The van der Waals surface area contributed by atoms with Gasteiger partial charge in [-0.1, -0.05) is 35.9 Å². The summed E-state index contributed by atoms with van der Waals surface area (Å²) in [6.07, 6.45) is 0.197. The third-order valence-corrected chi connectivity index (χ3v) is 3.82. The minimum atomic E-state index is -0.190. The molecule has 0 heterocycles. The maximum atomic E-state index is 12.1. The van der Waals surface area contributed by atoms with E-state index in [0.717, 1.165) is 11.1 Å². The molecule has 1 N–H and O–H groups in total. The summed E-state index contributed by atoms with van der Waals surface area (Å²) in [7, 11) is 0. The van der Waals surface area contributed by atoms with Crippen molar-refractivity contribution >= 4 is 17.5 Å². The summed E-state index contributed by atoms with van der Waals surface area (Å²) < 4.78 is 0. The lowest BCUT2D eigenvalue weighted by molar-refractivity contribution is -0.129. The van der Waals surface area contributed by atoms with Crippen molar-refractivity contribution in [3.63, 3.8) is 0 Å². The predicted octanol–water partition coefficient (Wildman–Crippen LogP) is 3.24. The molecule has 0 bridgehead atoms. The molecule has 25 heavy (non-hydrogen) atoms. The Bertz CT molecular complexity index is 791. The van der Waals surface area contributed by atoms with Gasteiger partial charge in [-0.3, -0.25) is 9.59 Å². The van der Waals surface area contributed by atoms with E-state index in [1.165, 1.54) is 6.92 Å². The number of amides is 2. The highest BCUT2D eigenvalue weighted by molar-refractivity contribution is 5.91. The molecule has 0 aliphatic rings. The molecule has 0 atom stereocenters. The number of nitrogens with zero attached hydrogens (tertiary/aromatic N) is 2. The summed E-state index contributed by atoms with van der Waals surface area (Å²) in [6, 6.07) is 16.7. The van der Waals surface area contributed by atoms with Crippen LogP contribution in [0.1, 0.15) is 30.0 Å². The Morgan fingerprint density at radius 1 is 1.16 bits per heavy atom. The molecule has 0 saturated carbocycles. The molecule has 0 unspecified atom stereocenters. The van der Waals surface area contributed by atoms with Crippen molar-refractivity contribution < 1.29 is 9.59 Å².